The molecule has 3 aliphatic rings. The molecule has 0 amide bonds. The van der Waals surface area contributed by atoms with Gasteiger partial charge in [-0.2, -0.15) is 23.2 Å². The van der Waals surface area contributed by atoms with Gasteiger partial charge in [0, 0.05) is 11.4 Å². The van der Waals surface area contributed by atoms with Crippen LogP contribution in [0.1, 0.15) is 30.4 Å². The van der Waals surface area contributed by atoms with Crippen molar-refractivity contribution in [2.45, 2.75) is 30.3 Å². The molecule has 1 aliphatic carbocycles. The monoisotopic (exact) mass is 413 g/mol. The fraction of sp³-hybridized carbons (Fsp3) is 0.571. The van der Waals surface area contributed by atoms with E-state index in [0.717, 1.165) is 49.4 Å². The van der Waals surface area contributed by atoms with Gasteiger partial charge in [0.15, 0.2) is 0 Å². The number of aliphatic carboxylic acids is 1. The van der Waals surface area contributed by atoms with Crippen molar-refractivity contribution in [1.82, 2.24) is 4.90 Å². The molecule has 1 aromatic carbocycles. The number of fused-ring (bicyclic) bond motifs is 1. The van der Waals surface area contributed by atoms with E-state index in [4.69, 9.17) is 5.11 Å². The molecular formula is C21H26F3NO2S. The van der Waals surface area contributed by atoms with Gasteiger partial charge >= 0.3 is 12.1 Å². The van der Waals surface area contributed by atoms with Crippen LogP contribution in [0.25, 0.3) is 5.57 Å². The van der Waals surface area contributed by atoms with Crippen molar-refractivity contribution in [3.63, 3.8) is 0 Å². The van der Waals surface area contributed by atoms with Gasteiger partial charge in [-0.25, -0.2) is 0 Å². The SMILES string of the molecule is CS1(C)C=C(C2CCN(CC3C[C@H]3C(=O)O)CC2)c2ccc(C(F)(F)F)cc21. The van der Waals surface area contributed by atoms with Gasteiger partial charge in [0.25, 0.3) is 0 Å². The van der Waals surface area contributed by atoms with Crippen LogP contribution in [0.15, 0.2) is 28.5 Å². The largest absolute Gasteiger partial charge is 0.481 e. The van der Waals surface area contributed by atoms with Crippen LogP contribution >= 0.6 is 10.0 Å². The van der Waals surface area contributed by atoms with E-state index in [2.05, 4.69) is 22.8 Å². The number of rotatable bonds is 4. The molecule has 7 heteroatoms. The Labute approximate surface area is 164 Å². The zero-order valence-electron chi connectivity index (χ0n) is 16.1. The summed E-state index contributed by atoms with van der Waals surface area (Å²) in [5.74, 6) is -0.203. The maximum atomic E-state index is 13.1. The maximum absolute atomic E-state index is 13.1. The molecule has 0 spiro atoms. The molecule has 1 unspecified atom stereocenters. The summed E-state index contributed by atoms with van der Waals surface area (Å²) in [5.41, 5.74) is 1.66. The molecule has 2 aliphatic heterocycles. The average molecular weight is 414 g/mol. The Morgan fingerprint density at radius 1 is 1.25 bits per heavy atom. The molecule has 28 heavy (non-hydrogen) atoms. The molecule has 1 saturated heterocycles. The zero-order chi connectivity index (χ0) is 20.3. The van der Waals surface area contributed by atoms with E-state index >= 15 is 0 Å². The first-order valence-electron chi connectivity index (χ1n) is 9.68. The first kappa shape index (κ1) is 19.8. The van der Waals surface area contributed by atoms with Gasteiger partial charge in [-0.3, -0.25) is 4.79 Å². The minimum absolute atomic E-state index is 0.172. The lowest BCUT2D eigenvalue weighted by molar-refractivity contribution is -0.139. The number of carboxylic acids is 1. The first-order valence-corrected chi connectivity index (χ1v) is 12.2. The number of carbonyl (C=O) groups is 1. The maximum Gasteiger partial charge on any atom is 0.416 e. The Bertz CT molecular complexity index is 825. The van der Waals surface area contributed by atoms with Gasteiger partial charge in [-0.05, 0) is 85.4 Å². The van der Waals surface area contributed by atoms with Crippen molar-refractivity contribution in [2.75, 3.05) is 32.1 Å². The third kappa shape index (κ3) is 3.71. The van der Waals surface area contributed by atoms with Crippen LogP contribution < -0.4 is 0 Å². The van der Waals surface area contributed by atoms with E-state index < -0.39 is 27.7 Å². The molecule has 4 rings (SSSR count). The fourth-order valence-corrected chi connectivity index (χ4v) is 6.91. The Morgan fingerprint density at radius 3 is 2.50 bits per heavy atom. The lowest BCUT2D eigenvalue weighted by Gasteiger charge is -2.33. The van der Waals surface area contributed by atoms with Crippen LogP contribution in [-0.2, 0) is 11.0 Å². The highest BCUT2D eigenvalue weighted by molar-refractivity contribution is 8.35. The van der Waals surface area contributed by atoms with Gasteiger partial charge in [-0.1, -0.05) is 6.07 Å². The number of alkyl halides is 3. The summed E-state index contributed by atoms with van der Waals surface area (Å²) in [4.78, 5) is 14.2. The number of hydrogen-bond acceptors (Lipinski definition) is 2. The lowest BCUT2D eigenvalue weighted by atomic mass is 9.86. The van der Waals surface area contributed by atoms with Crippen LogP contribution in [0.2, 0.25) is 0 Å². The van der Waals surface area contributed by atoms with E-state index in [1.54, 1.807) is 6.07 Å². The molecule has 1 saturated carbocycles. The Kier molecular flexibility index (Phi) is 4.82. The summed E-state index contributed by atoms with van der Waals surface area (Å²) in [5, 5.41) is 11.3. The van der Waals surface area contributed by atoms with E-state index in [9.17, 15) is 18.0 Å². The lowest BCUT2D eigenvalue weighted by Crippen LogP contribution is -2.35. The molecular weight excluding hydrogens is 387 g/mol. The van der Waals surface area contributed by atoms with Crippen molar-refractivity contribution in [2.24, 2.45) is 17.8 Å². The number of piperidine rings is 1. The second kappa shape index (κ2) is 6.80. The second-order valence-corrected chi connectivity index (χ2v) is 12.2. The standard InChI is InChI=1S/C21H26F3NO2S/c1-28(2)12-18(16-4-3-15(10-19(16)28)21(22,23)24)13-5-7-25(8-6-13)11-14-9-17(14)20(26)27/h3-4,10,12-14,17H,5-9,11H2,1-2H3,(H,26,27)/t14?,17-/m1/s1. The van der Waals surface area contributed by atoms with E-state index in [0.29, 0.717) is 5.92 Å². The Morgan fingerprint density at radius 2 is 1.93 bits per heavy atom. The van der Waals surface area contributed by atoms with Crippen LogP contribution in [-0.4, -0.2) is 48.1 Å². The highest BCUT2D eigenvalue weighted by atomic mass is 32.3. The number of allylic oxidation sites excluding steroid dienone is 1. The van der Waals surface area contributed by atoms with Crippen molar-refractivity contribution in [1.29, 1.82) is 0 Å². The van der Waals surface area contributed by atoms with E-state index in [1.165, 1.54) is 17.7 Å². The molecule has 0 aromatic heterocycles. The molecule has 1 aromatic rings. The van der Waals surface area contributed by atoms with Crippen molar-refractivity contribution in [3.8, 4) is 0 Å². The Balaban J connectivity index is 1.45. The van der Waals surface area contributed by atoms with Gasteiger partial charge in [0.2, 0.25) is 0 Å². The molecule has 3 nitrogen and oxygen atoms in total. The average Bonchev–Trinajstić information content (AvgIpc) is 3.33. The summed E-state index contributed by atoms with van der Waals surface area (Å²) in [7, 11) is -1.37. The van der Waals surface area contributed by atoms with Crippen molar-refractivity contribution < 1.29 is 23.1 Å². The zero-order valence-corrected chi connectivity index (χ0v) is 16.9. The molecule has 2 atom stereocenters. The van der Waals surface area contributed by atoms with Crippen LogP contribution in [0.3, 0.4) is 0 Å². The van der Waals surface area contributed by atoms with Gasteiger partial charge in [-0.15, -0.1) is 0 Å². The number of halogens is 3. The predicted molar refractivity (Wildman–Crippen MR) is 106 cm³/mol. The van der Waals surface area contributed by atoms with Gasteiger partial charge in [0.1, 0.15) is 0 Å². The minimum Gasteiger partial charge on any atom is -0.481 e. The highest BCUT2D eigenvalue weighted by Crippen LogP contribution is 2.62. The van der Waals surface area contributed by atoms with E-state index in [-0.39, 0.29) is 11.8 Å². The Hall–Kier alpha value is -1.47. The molecule has 0 radical (unpaired) electrons. The minimum atomic E-state index is -4.31. The van der Waals surface area contributed by atoms with Crippen LogP contribution in [0.5, 0.6) is 0 Å². The number of benzene rings is 1. The van der Waals surface area contributed by atoms with Crippen LogP contribution in [0, 0.1) is 17.8 Å². The smallest absolute Gasteiger partial charge is 0.416 e. The van der Waals surface area contributed by atoms with E-state index in [1.807, 2.05) is 0 Å². The summed E-state index contributed by atoms with van der Waals surface area (Å²) in [6, 6.07) is 4.23. The summed E-state index contributed by atoms with van der Waals surface area (Å²) >= 11 is 0. The van der Waals surface area contributed by atoms with Gasteiger partial charge in [0.05, 0.1) is 11.5 Å². The normalized spacial score (nSPS) is 28.5. The van der Waals surface area contributed by atoms with Crippen LogP contribution in [0.4, 0.5) is 13.2 Å². The third-order valence-electron chi connectivity index (χ3n) is 6.37. The number of nitrogens with zero attached hydrogens (tertiary/aromatic N) is 1. The van der Waals surface area contributed by atoms with Gasteiger partial charge < -0.3 is 10.0 Å². The molecule has 2 heterocycles. The second-order valence-electron chi connectivity index (χ2n) is 8.70. The summed E-state index contributed by atoms with van der Waals surface area (Å²) < 4.78 is 39.4. The molecule has 154 valence electrons. The van der Waals surface area contributed by atoms with Crippen molar-refractivity contribution >= 4 is 21.6 Å². The topological polar surface area (TPSA) is 40.5 Å². The molecule has 2 fully saturated rings. The number of carboxylic acid groups (broad SMARTS) is 1. The van der Waals surface area contributed by atoms with Crippen molar-refractivity contribution in [3.05, 3.63) is 34.7 Å². The molecule has 0 bridgehead atoms. The fourth-order valence-electron chi connectivity index (χ4n) is 4.64. The highest BCUT2D eigenvalue weighted by Gasteiger charge is 2.44. The quantitative estimate of drug-likeness (QED) is 0.762. The first-order chi connectivity index (χ1) is 13.1. The third-order valence-corrected chi connectivity index (χ3v) is 8.68. The number of hydrogen-bond donors (Lipinski definition) is 1. The molecule has 1 N–H and O–H groups in total. The predicted octanol–water partition coefficient (Wildman–Crippen LogP) is 4.92. The number of likely N-dealkylation sites (tertiary alicyclic amines) is 1. The summed E-state index contributed by atoms with van der Waals surface area (Å²) in [6.07, 6.45) is 2.56. The summed E-state index contributed by atoms with van der Waals surface area (Å²) in [6.45, 7) is 2.71.